The maximum absolute atomic E-state index is 12.8. The maximum atomic E-state index is 12.8. The summed E-state index contributed by atoms with van der Waals surface area (Å²) in [5, 5.41) is 6.09. The Morgan fingerprint density at radius 3 is 2.79 bits per heavy atom. The average Bonchev–Trinajstić information content (AvgIpc) is 3.39. The Kier molecular flexibility index (Phi) is 7.36. The molecule has 1 aliphatic carbocycles. The zero-order valence-electron chi connectivity index (χ0n) is 20.1. The highest BCUT2D eigenvalue weighted by atomic mass is 32.1. The summed E-state index contributed by atoms with van der Waals surface area (Å²) >= 11 is 1.28. The fourth-order valence-corrected chi connectivity index (χ4v) is 5.09. The van der Waals surface area contributed by atoms with Crippen molar-refractivity contribution >= 4 is 44.9 Å². The lowest BCUT2D eigenvalue weighted by atomic mass is 9.93. The van der Waals surface area contributed by atoms with E-state index in [0.29, 0.717) is 24.0 Å². The smallest absolute Gasteiger partial charge is 0.311 e. The molecular formula is C26H30N2O5S. The number of ether oxygens (including phenoxy) is 2. The number of allylic oxidation sites excluding steroid dienone is 1. The first-order chi connectivity index (χ1) is 16.4. The Labute approximate surface area is 203 Å². The molecule has 0 atom stereocenters. The minimum Gasteiger partial charge on any atom is -0.493 e. The van der Waals surface area contributed by atoms with Crippen molar-refractivity contribution in [3.05, 3.63) is 45.7 Å². The number of aromatic nitrogens is 1. The van der Waals surface area contributed by atoms with Gasteiger partial charge in [-0.15, -0.1) is 11.3 Å². The standard InChI is InChI=1S/C26H30N2O5S/c1-5-31-23(30)12-17-14-34-26(27-17)28-22(29)11-15(3)19-13-20-18-9-7-8-10-21(18)33-25(20)16(4)24(19)32-6-2/h11,13-14H,5-10,12H2,1-4H3,(H,27,28,29)/b15-11+. The van der Waals surface area contributed by atoms with E-state index in [2.05, 4.69) is 16.4 Å². The summed E-state index contributed by atoms with van der Waals surface area (Å²) in [5.74, 6) is 1.19. The van der Waals surface area contributed by atoms with Crippen LogP contribution >= 0.6 is 11.3 Å². The highest BCUT2D eigenvalue weighted by molar-refractivity contribution is 7.14. The van der Waals surface area contributed by atoms with Gasteiger partial charge in [0.25, 0.3) is 0 Å². The van der Waals surface area contributed by atoms with Gasteiger partial charge in [-0.25, -0.2) is 4.98 Å². The van der Waals surface area contributed by atoms with E-state index < -0.39 is 0 Å². The summed E-state index contributed by atoms with van der Waals surface area (Å²) in [5.41, 5.74) is 5.37. The molecule has 3 aromatic rings. The highest BCUT2D eigenvalue weighted by Gasteiger charge is 2.23. The third-order valence-corrected chi connectivity index (χ3v) is 6.71. The van der Waals surface area contributed by atoms with Gasteiger partial charge in [-0.2, -0.15) is 0 Å². The van der Waals surface area contributed by atoms with Crippen molar-refractivity contribution in [3.63, 3.8) is 0 Å². The molecule has 34 heavy (non-hydrogen) atoms. The Morgan fingerprint density at radius 1 is 1.24 bits per heavy atom. The summed E-state index contributed by atoms with van der Waals surface area (Å²) in [6, 6.07) is 2.10. The molecule has 0 saturated carbocycles. The van der Waals surface area contributed by atoms with Crippen LogP contribution in [0.5, 0.6) is 5.75 Å². The Hall–Kier alpha value is -3.13. The van der Waals surface area contributed by atoms with E-state index in [0.717, 1.165) is 64.9 Å². The van der Waals surface area contributed by atoms with Gasteiger partial charge in [0.1, 0.15) is 17.1 Å². The summed E-state index contributed by atoms with van der Waals surface area (Å²) in [6.45, 7) is 8.47. The molecule has 1 aromatic carbocycles. The summed E-state index contributed by atoms with van der Waals surface area (Å²) in [4.78, 5) is 28.7. The lowest BCUT2D eigenvalue weighted by Gasteiger charge is -2.15. The molecule has 1 amide bonds. The molecule has 2 aromatic heterocycles. The Bertz CT molecular complexity index is 1250. The predicted octanol–water partition coefficient (Wildman–Crippen LogP) is 5.62. The molecule has 1 N–H and O–H groups in total. The molecule has 0 aliphatic heterocycles. The van der Waals surface area contributed by atoms with Gasteiger partial charge in [0.05, 0.1) is 25.3 Å². The first-order valence-electron chi connectivity index (χ1n) is 11.7. The average molecular weight is 483 g/mol. The molecule has 7 nitrogen and oxygen atoms in total. The Balaban J connectivity index is 1.60. The summed E-state index contributed by atoms with van der Waals surface area (Å²) < 4.78 is 17.2. The van der Waals surface area contributed by atoms with E-state index in [4.69, 9.17) is 13.9 Å². The van der Waals surface area contributed by atoms with Gasteiger partial charge < -0.3 is 13.9 Å². The minimum absolute atomic E-state index is 0.0844. The van der Waals surface area contributed by atoms with Gasteiger partial charge in [-0.3, -0.25) is 14.9 Å². The van der Waals surface area contributed by atoms with Crippen LogP contribution in [0.25, 0.3) is 16.5 Å². The van der Waals surface area contributed by atoms with E-state index >= 15 is 0 Å². The van der Waals surface area contributed by atoms with Gasteiger partial charge in [0, 0.05) is 40.0 Å². The molecule has 180 valence electrons. The lowest BCUT2D eigenvalue weighted by Crippen LogP contribution is -2.10. The molecule has 1 aliphatic rings. The summed E-state index contributed by atoms with van der Waals surface area (Å²) in [6.07, 6.45) is 5.92. The maximum Gasteiger partial charge on any atom is 0.311 e. The molecule has 0 spiro atoms. The first-order valence-corrected chi connectivity index (χ1v) is 12.6. The van der Waals surface area contributed by atoms with Crippen LogP contribution in [-0.2, 0) is 33.6 Å². The number of carbonyl (C=O) groups excluding carboxylic acids is 2. The molecule has 0 fully saturated rings. The second kappa shape index (κ2) is 10.4. The largest absolute Gasteiger partial charge is 0.493 e. The number of hydrogen-bond donors (Lipinski definition) is 1. The number of carbonyl (C=O) groups is 2. The zero-order valence-corrected chi connectivity index (χ0v) is 20.9. The topological polar surface area (TPSA) is 90.7 Å². The van der Waals surface area contributed by atoms with Crippen LogP contribution < -0.4 is 10.1 Å². The van der Waals surface area contributed by atoms with Crippen molar-refractivity contribution in [1.82, 2.24) is 4.98 Å². The van der Waals surface area contributed by atoms with Crippen LogP contribution in [-0.4, -0.2) is 30.1 Å². The normalized spacial score (nSPS) is 13.6. The number of amides is 1. The number of fused-ring (bicyclic) bond motifs is 3. The number of esters is 1. The molecule has 0 unspecified atom stereocenters. The van der Waals surface area contributed by atoms with E-state index in [1.54, 1.807) is 18.4 Å². The number of furan rings is 1. The summed E-state index contributed by atoms with van der Waals surface area (Å²) in [7, 11) is 0. The third kappa shape index (κ3) is 5.01. The fourth-order valence-electron chi connectivity index (χ4n) is 4.38. The molecular weight excluding hydrogens is 452 g/mol. The van der Waals surface area contributed by atoms with Crippen molar-refractivity contribution in [2.75, 3.05) is 18.5 Å². The monoisotopic (exact) mass is 482 g/mol. The van der Waals surface area contributed by atoms with E-state index in [9.17, 15) is 9.59 Å². The molecule has 2 heterocycles. The second-order valence-electron chi connectivity index (χ2n) is 8.34. The Morgan fingerprint density at radius 2 is 2.03 bits per heavy atom. The lowest BCUT2D eigenvalue weighted by molar-refractivity contribution is -0.142. The number of rotatable bonds is 8. The van der Waals surface area contributed by atoms with Crippen molar-refractivity contribution in [3.8, 4) is 5.75 Å². The van der Waals surface area contributed by atoms with E-state index in [1.165, 1.54) is 16.9 Å². The SMILES string of the molecule is CCOC(=O)Cc1csc(NC(=O)/C=C(\C)c2cc3c4c(oc3c(C)c2OCC)CCCC4)n1. The van der Waals surface area contributed by atoms with Crippen LogP contribution in [0.3, 0.4) is 0 Å². The highest BCUT2D eigenvalue weighted by Crippen LogP contribution is 2.41. The molecule has 0 bridgehead atoms. The van der Waals surface area contributed by atoms with Crippen LogP contribution in [0.4, 0.5) is 5.13 Å². The fraction of sp³-hybridized carbons (Fsp3) is 0.423. The van der Waals surface area contributed by atoms with Crippen molar-refractivity contribution in [2.45, 2.75) is 59.8 Å². The van der Waals surface area contributed by atoms with Crippen molar-refractivity contribution < 1.29 is 23.5 Å². The molecule has 0 radical (unpaired) electrons. The minimum atomic E-state index is -0.336. The van der Waals surface area contributed by atoms with Crippen molar-refractivity contribution in [2.24, 2.45) is 0 Å². The second-order valence-corrected chi connectivity index (χ2v) is 9.20. The number of thiazole rings is 1. The number of nitrogens with zero attached hydrogens (tertiary/aromatic N) is 1. The van der Waals surface area contributed by atoms with Crippen molar-refractivity contribution in [1.29, 1.82) is 0 Å². The van der Waals surface area contributed by atoms with Gasteiger partial charge in [0.2, 0.25) is 5.91 Å². The number of benzene rings is 1. The van der Waals surface area contributed by atoms with Gasteiger partial charge in [-0.1, -0.05) is 0 Å². The van der Waals surface area contributed by atoms with Gasteiger partial charge >= 0.3 is 5.97 Å². The number of nitrogens with one attached hydrogen (secondary N) is 1. The zero-order chi connectivity index (χ0) is 24.2. The van der Waals surface area contributed by atoms with Crippen LogP contribution in [0.1, 0.15) is 61.8 Å². The molecule has 0 saturated heterocycles. The predicted molar refractivity (Wildman–Crippen MR) is 133 cm³/mol. The van der Waals surface area contributed by atoms with E-state index in [-0.39, 0.29) is 18.3 Å². The molecule has 8 heteroatoms. The molecule has 4 rings (SSSR count). The first kappa shape index (κ1) is 24.0. The van der Waals surface area contributed by atoms with Crippen LogP contribution in [0, 0.1) is 6.92 Å². The number of anilines is 1. The van der Waals surface area contributed by atoms with Crippen LogP contribution in [0.15, 0.2) is 21.9 Å². The quantitative estimate of drug-likeness (QED) is 0.331. The van der Waals surface area contributed by atoms with Gasteiger partial charge in [-0.05, 0) is 58.6 Å². The number of aryl methyl sites for hydroxylation is 3. The van der Waals surface area contributed by atoms with Crippen LogP contribution in [0.2, 0.25) is 0 Å². The van der Waals surface area contributed by atoms with E-state index in [1.807, 2.05) is 20.8 Å². The van der Waals surface area contributed by atoms with Gasteiger partial charge in [0.15, 0.2) is 5.13 Å². The number of hydrogen-bond acceptors (Lipinski definition) is 7. The third-order valence-electron chi connectivity index (χ3n) is 5.90.